The van der Waals surface area contributed by atoms with Crippen LogP contribution in [-0.2, 0) is 10.0 Å². The Morgan fingerprint density at radius 2 is 2.16 bits per heavy atom. The molecule has 7 nitrogen and oxygen atoms in total. The third kappa shape index (κ3) is 2.41. The summed E-state index contributed by atoms with van der Waals surface area (Å²) in [6, 6.07) is 3.51. The van der Waals surface area contributed by atoms with Gasteiger partial charge in [-0.1, -0.05) is 0 Å². The number of rotatable bonds is 3. The van der Waals surface area contributed by atoms with Crippen LogP contribution in [0.5, 0.6) is 0 Å². The largest absolute Gasteiger partial charge is 0.393 e. The van der Waals surface area contributed by atoms with Crippen LogP contribution in [0.4, 0.5) is 11.4 Å². The van der Waals surface area contributed by atoms with E-state index in [9.17, 15) is 18.5 Å². The average Bonchev–Trinajstić information content (AvgIpc) is 2.76. The van der Waals surface area contributed by atoms with Gasteiger partial charge in [0.1, 0.15) is 5.69 Å². The average molecular weight is 285 g/mol. The molecule has 104 valence electrons. The second-order valence-electron chi connectivity index (χ2n) is 4.58. The summed E-state index contributed by atoms with van der Waals surface area (Å²) in [5.74, 6) is 0. The van der Waals surface area contributed by atoms with Crippen molar-refractivity contribution in [2.24, 2.45) is 0 Å². The van der Waals surface area contributed by atoms with Crippen molar-refractivity contribution in [3.8, 4) is 0 Å². The molecule has 1 heterocycles. The molecule has 19 heavy (non-hydrogen) atoms. The number of nitro groups is 1. The fourth-order valence-electron chi connectivity index (χ4n) is 2.24. The van der Waals surface area contributed by atoms with Crippen LogP contribution in [-0.4, -0.2) is 30.2 Å². The summed E-state index contributed by atoms with van der Waals surface area (Å²) in [5, 5.41) is 10.8. The van der Waals surface area contributed by atoms with E-state index in [-0.39, 0.29) is 22.3 Å². The monoisotopic (exact) mass is 285 g/mol. The van der Waals surface area contributed by atoms with Crippen molar-refractivity contribution in [3.05, 3.63) is 28.3 Å². The van der Waals surface area contributed by atoms with Crippen molar-refractivity contribution in [1.29, 1.82) is 0 Å². The van der Waals surface area contributed by atoms with E-state index in [4.69, 9.17) is 5.73 Å². The van der Waals surface area contributed by atoms with Crippen LogP contribution in [0.15, 0.2) is 23.1 Å². The molecule has 2 N–H and O–H groups in total. The van der Waals surface area contributed by atoms with Crippen molar-refractivity contribution in [3.63, 3.8) is 0 Å². The molecule has 0 saturated carbocycles. The molecule has 1 aliphatic rings. The first-order valence-corrected chi connectivity index (χ1v) is 7.34. The molecule has 1 fully saturated rings. The molecule has 0 radical (unpaired) electrons. The lowest BCUT2D eigenvalue weighted by Gasteiger charge is -2.20. The lowest BCUT2D eigenvalue weighted by atomic mass is 10.3. The summed E-state index contributed by atoms with van der Waals surface area (Å²) in [6.45, 7) is 2.28. The summed E-state index contributed by atoms with van der Waals surface area (Å²) in [4.78, 5) is 10.0. The molecule has 0 bridgehead atoms. The Bertz CT molecular complexity index is 614. The van der Waals surface area contributed by atoms with E-state index in [0.717, 1.165) is 18.9 Å². The molecule has 1 atom stereocenters. The minimum Gasteiger partial charge on any atom is -0.393 e. The predicted octanol–water partition coefficient (Wildman–Crippen LogP) is 1.35. The highest BCUT2D eigenvalue weighted by Crippen LogP contribution is 2.30. The van der Waals surface area contributed by atoms with Crippen molar-refractivity contribution in [2.75, 3.05) is 12.3 Å². The summed E-state index contributed by atoms with van der Waals surface area (Å²) in [5.41, 5.74) is 5.04. The van der Waals surface area contributed by atoms with E-state index in [1.54, 1.807) is 0 Å². The number of anilines is 1. The van der Waals surface area contributed by atoms with E-state index >= 15 is 0 Å². The van der Waals surface area contributed by atoms with Gasteiger partial charge in [-0.3, -0.25) is 10.1 Å². The molecule has 1 unspecified atom stereocenters. The van der Waals surface area contributed by atoms with E-state index < -0.39 is 14.9 Å². The van der Waals surface area contributed by atoms with Gasteiger partial charge in [0.25, 0.3) is 5.69 Å². The standard InChI is InChI=1S/C11H15N3O4S/c1-8-3-2-6-13(8)19(17,18)9-4-5-10(12)11(7-9)14(15)16/h4-5,7-8H,2-3,6,12H2,1H3. The Balaban J connectivity index is 2.46. The van der Waals surface area contributed by atoms with Gasteiger partial charge in [0.05, 0.1) is 9.82 Å². The topological polar surface area (TPSA) is 107 Å². The Hall–Kier alpha value is -1.67. The molecule has 8 heteroatoms. The normalized spacial score (nSPS) is 20.6. The van der Waals surface area contributed by atoms with Crippen LogP contribution in [0.2, 0.25) is 0 Å². The number of hydrogen-bond donors (Lipinski definition) is 1. The fraction of sp³-hybridized carbons (Fsp3) is 0.455. The number of nitrogen functional groups attached to an aromatic ring is 1. The Morgan fingerprint density at radius 3 is 2.68 bits per heavy atom. The Morgan fingerprint density at radius 1 is 1.47 bits per heavy atom. The number of sulfonamides is 1. The maximum Gasteiger partial charge on any atom is 0.293 e. The summed E-state index contributed by atoms with van der Waals surface area (Å²) >= 11 is 0. The van der Waals surface area contributed by atoms with E-state index in [1.165, 1.54) is 16.4 Å². The molecule has 0 spiro atoms. The third-order valence-corrected chi connectivity index (χ3v) is 5.31. The number of benzene rings is 1. The minimum atomic E-state index is -3.69. The van der Waals surface area contributed by atoms with Crippen LogP contribution >= 0.6 is 0 Å². The summed E-state index contributed by atoms with van der Waals surface area (Å²) < 4.78 is 26.2. The molecule has 1 aliphatic heterocycles. The maximum atomic E-state index is 12.4. The molecular formula is C11H15N3O4S. The molecule has 1 saturated heterocycles. The van der Waals surface area contributed by atoms with Gasteiger partial charge in [0, 0.05) is 18.7 Å². The van der Waals surface area contributed by atoms with Crippen LogP contribution < -0.4 is 5.73 Å². The molecule has 0 amide bonds. The highest BCUT2D eigenvalue weighted by atomic mass is 32.2. The SMILES string of the molecule is CC1CCCN1S(=O)(=O)c1ccc(N)c([N+](=O)[O-])c1. The first kappa shape index (κ1) is 13.8. The Labute approximate surface area is 111 Å². The van der Waals surface area contributed by atoms with Gasteiger partial charge in [-0.2, -0.15) is 4.31 Å². The zero-order chi connectivity index (χ0) is 14.2. The molecule has 1 aromatic carbocycles. The smallest absolute Gasteiger partial charge is 0.293 e. The number of nitrogens with two attached hydrogens (primary N) is 1. The van der Waals surface area contributed by atoms with E-state index in [1.807, 2.05) is 6.92 Å². The van der Waals surface area contributed by atoms with Crippen LogP contribution in [0.3, 0.4) is 0 Å². The van der Waals surface area contributed by atoms with Gasteiger partial charge in [-0.25, -0.2) is 8.42 Å². The number of nitrogens with zero attached hydrogens (tertiary/aromatic N) is 2. The van der Waals surface area contributed by atoms with Crippen molar-refractivity contribution < 1.29 is 13.3 Å². The number of hydrogen-bond acceptors (Lipinski definition) is 5. The Kier molecular flexibility index (Phi) is 3.46. The highest BCUT2D eigenvalue weighted by molar-refractivity contribution is 7.89. The first-order chi connectivity index (χ1) is 8.84. The van der Waals surface area contributed by atoms with Crippen molar-refractivity contribution >= 4 is 21.4 Å². The highest BCUT2D eigenvalue weighted by Gasteiger charge is 2.33. The molecule has 2 rings (SSSR count). The van der Waals surface area contributed by atoms with Gasteiger partial charge < -0.3 is 5.73 Å². The summed E-state index contributed by atoms with van der Waals surface area (Å²) in [6.07, 6.45) is 1.60. The zero-order valence-electron chi connectivity index (χ0n) is 10.4. The lowest BCUT2D eigenvalue weighted by Crippen LogP contribution is -2.33. The van der Waals surface area contributed by atoms with Crippen LogP contribution in [0, 0.1) is 10.1 Å². The van der Waals surface area contributed by atoms with Gasteiger partial charge in [-0.15, -0.1) is 0 Å². The summed E-state index contributed by atoms with van der Waals surface area (Å²) in [7, 11) is -3.69. The van der Waals surface area contributed by atoms with Gasteiger partial charge in [0.2, 0.25) is 10.0 Å². The van der Waals surface area contributed by atoms with Crippen molar-refractivity contribution in [2.45, 2.75) is 30.7 Å². The van der Waals surface area contributed by atoms with Gasteiger partial charge in [0.15, 0.2) is 0 Å². The second-order valence-corrected chi connectivity index (χ2v) is 6.48. The minimum absolute atomic E-state index is 0.0431. The van der Waals surface area contributed by atoms with Gasteiger partial charge in [-0.05, 0) is 31.9 Å². The maximum absolute atomic E-state index is 12.4. The van der Waals surface area contributed by atoms with E-state index in [2.05, 4.69) is 0 Å². The quantitative estimate of drug-likeness (QED) is 0.512. The fourth-order valence-corrected chi connectivity index (χ4v) is 3.96. The third-order valence-electron chi connectivity index (χ3n) is 3.30. The number of nitro benzene ring substituents is 1. The van der Waals surface area contributed by atoms with Crippen LogP contribution in [0.25, 0.3) is 0 Å². The predicted molar refractivity (Wildman–Crippen MR) is 70.1 cm³/mol. The second kappa shape index (κ2) is 4.78. The lowest BCUT2D eigenvalue weighted by molar-refractivity contribution is -0.384. The molecule has 0 aliphatic carbocycles. The first-order valence-electron chi connectivity index (χ1n) is 5.90. The van der Waals surface area contributed by atoms with Crippen LogP contribution in [0.1, 0.15) is 19.8 Å². The zero-order valence-corrected chi connectivity index (χ0v) is 11.3. The van der Waals surface area contributed by atoms with E-state index in [0.29, 0.717) is 6.54 Å². The molecule has 0 aromatic heterocycles. The van der Waals surface area contributed by atoms with Gasteiger partial charge >= 0.3 is 0 Å². The molecule has 1 aromatic rings. The van der Waals surface area contributed by atoms with Crippen molar-refractivity contribution in [1.82, 2.24) is 4.31 Å². The molecular weight excluding hydrogens is 270 g/mol.